The Hall–Kier alpha value is -3.63. The standard InChI is InChI=1S/C38H46N2O7/c1-18(2)29-32(43)28(35(39)46)33(44)38(47)34(45)30-31(42)27-25(15-36(30,5)17-37(29,38)6)24(13-14-26(27)41)23-12-11-20(16-40-19(3)4)21-9-7-8-10-22(21)23/h7-14,18-19,28-30,32,34,40-41,43,45,47H,15-17H2,1-6H3,(H2,39,46)/t28?,29-,30?,32?,34?,36+,37+,38-/m0/s1. The number of hydrogen-bond donors (Lipinski definition) is 6. The van der Waals surface area contributed by atoms with E-state index in [2.05, 4.69) is 31.3 Å². The number of carbonyl (C=O) groups is 3. The first-order valence-electron chi connectivity index (χ1n) is 16.5. The monoisotopic (exact) mass is 642 g/mol. The molecule has 6 rings (SSSR count). The SMILES string of the molecule is CC(C)NCc1ccc(-c2ccc(O)c3c2C[C@]2(C)C[C@]4(C)[C@@H](C(C)C)C(O)C(C(N)=O)C(=O)[C@]4(O)C(O)C2C3=O)c2ccccc12. The Bertz CT molecular complexity index is 1800. The van der Waals surface area contributed by atoms with E-state index in [1.54, 1.807) is 6.92 Å². The summed E-state index contributed by atoms with van der Waals surface area (Å²) in [6, 6.07) is 15.8. The van der Waals surface area contributed by atoms with Gasteiger partial charge in [-0.25, -0.2) is 0 Å². The summed E-state index contributed by atoms with van der Waals surface area (Å²) in [5.74, 6) is -7.10. The van der Waals surface area contributed by atoms with E-state index >= 15 is 0 Å². The third-order valence-electron chi connectivity index (χ3n) is 11.7. The third-order valence-corrected chi connectivity index (χ3v) is 11.7. The molecule has 7 N–H and O–H groups in total. The molecule has 3 aromatic rings. The number of phenolic OH excluding ortho intramolecular Hbond substituents is 1. The van der Waals surface area contributed by atoms with Crippen LogP contribution in [0.2, 0.25) is 0 Å². The molecule has 47 heavy (non-hydrogen) atoms. The average Bonchev–Trinajstić information content (AvgIpc) is 2.97. The highest BCUT2D eigenvalue weighted by Gasteiger charge is 2.75. The molecule has 3 aliphatic rings. The van der Waals surface area contributed by atoms with Gasteiger partial charge in [-0.3, -0.25) is 14.4 Å². The quantitative estimate of drug-likeness (QED) is 0.220. The molecule has 4 unspecified atom stereocenters. The summed E-state index contributed by atoms with van der Waals surface area (Å²) in [5.41, 5.74) is 4.13. The molecule has 9 heteroatoms. The number of ketones is 2. The fourth-order valence-corrected chi connectivity index (χ4v) is 9.85. The Morgan fingerprint density at radius 2 is 1.62 bits per heavy atom. The van der Waals surface area contributed by atoms with E-state index in [0.29, 0.717) is 18.2 Å². The van der Waals surface area contributed by atoms with Gasteiger partial charge < -0.3 is 31.5 Å². The van der Waals surface area contributed by atoms with Crippen LogP contribution >= 0.6 is 0 Å². The molecule has 8 atom stereocenters. The van der Waals surface area contributed by atoms with Crippen molar-refractivity contribution in [3.8, 4) is 16.9 Å². The average molecular weight is 643 g/mol. The van der Waals surface area contributed by atoms with Gasteiger partial charge in [-0.15, -0.1) is 0 Å². The van der Waals surface area contributed by atoms with E-state index in [1.807, 2.05) is 51.1 Å². The summed E-state index contributed by atoms with van der Waals surface area (Å²) in [7, 11) is 0. The number of aliphatic hydroxyl groups excluding tert-OH is 2. The molecule has 0 heterocycles. The number of phenols is 1. The topological polar surface area (TPSA) is 170 Å². The van der Waals surface area contributed by atoms with Crippen LogP contribution in [0.5, 0.6) is 5.75 Å². The first kappa shape index (κ1) is 33.3. The zero-order chi connectivity index (χ0) is 34.4. The number of nitrogens with one attached hydrogen (secondary N) is 1. The van der Waals surface area contributed by atoms with Gasteiger partial charge in [0.2, 0.25) is 5.91 Å². The number of benzene rings is 3. The second-order valence-corrected chi connectivity index (χ2v) is 15.3. The number of aliphatic hydroxyl groups is 3. The van der Waals surface area contributed by atoms with Crippen molar-refractivity contribution in [2.24, 2.45) is 40.2 Å². The zero-order valence-electron chi connectivity index (χ0n) is 27.9. The van der Waals surface area contributed by atoms with Crippen molar-refractivity contribution in [1.82, 2.24) is 5.32 Å². The van der Waals surface area contributed by atoms with Gasteiger partial charge in [0, 0.05) is 18.0 Å². The molecule has 0 saturated heterocycles. The molecule has 9 nitrogen and oxygen atoms in total. The molecule has 0 aromatic heterocycles. The highest BCUT2D eigenvalue weighted by molar-refractivity contribution is 6.10. The van der Waals surface area contributed by atoms with Crippen LogP contribution in [-0.2, 0) is 22.6 Å². The fourth-order valence-electron chi connectivity index (χ4n) is 9.85. The van der Waals surface area contributed by atoms with Gasteiger partial charge in [-0.05, 0) is 69.2 Å². The number of hydrogen-bond acceptors (Lipinski definition) is 8. The smallest absolute Gasteiger partial charge is 0.230 e. The molecule has 250 valence electrons. The largest absolute Gasteiger partial charge is 0.507 e. The number of aromatic hydroxyl groups is 1. The van der Waals surface area contributed by atoms with Crippen molar-refractivity contribution in [3.63, 3.8) is 0 Å². The van der Waals surface area contributed by atoms with Gasteiger partial charge in [0.15, 0.2) is 17.2 Å². The summed E-state index contributed by atoms with van der Waals surface area (Å²) in [6.45, 7) is 12.1. The van der Waals surface area contributed by atoms with Gasteiger partial charge in [0.05, 0.1) is 17.6 Å². The lowest BCUT2D eigenvalue weighted by Gasteiger charge is -2.66. The molecule has 3 aliphatic carbocycles. The Morgan fingerprint density at radius 1 is 0.979 bits per heavy atom. The lowest BCUT2D eigenvalue weighted by atomic mass is 9.39. The first-order chi connectivity index (χ1) is 22.0. The van der Waals surface area contributed by atoms with Crippen LogP contribution < -0.4 is 11.1 Å². The lowest BCUT2D eigenvalue weighted by Crippen LogP contribution is -2.79. The van der Waals surface area contributed by atoms with Gasteiger partial charge in [-0.2, -0.15) is 0 Å². The van der Waals surface area contributed by atoms with Crippen molar-refractivity contribution in [2.75, 3.05) is 0 Å². The summed E-state index contributed by atoms with van der Waals surface area (Å²) >= 11 is 0. The molecule has 0 spiro atoms. The number of Topliss-reactive ketones (excluding diaryl/α,β-unsaturated/α-hetero) is 2. The lowest BCUT2D eigenvalue weighted by molar-refractivity contribution is -0.265. The number of primary amides is 1. The summed E-state index contributed by atoms with van der Waals surface area (Å²) in [6.07, 6.45) is -3.04. The predicted molar refractivity (Wildman–Crippen MR) is 178 cm³/mol. The molecule has 2 fully saturated rings. The van der Waals surface area contributed by atoms with Gasteiger partial charge in [-0.1, -0.05) is 84.0 Å². The Kier molecular flexibility index (Phi) is 7.95. The zero-order valence-corrected chi connectivity index (χ0v) is 27.9. The van der Waals surface area contributed by atoms with Crippen LogP contribution in [0.25, 0.3) is 21.9 Å². The van der Waals surface area contributed by atoms with Crippen LogP contribution in [0.15, 0.2) is 48.5 Å². The highest BCUT2D eigenvalue weighted by Crippen LogP contribution is 2.66. The minimum atomic E-state index is -2.54. The molecule has 0 radical (unpaired) electrons. The van der Waals surface area contributed by atoms with Crippen LogP contribution in [0.3, 0.4) is 0 Å². The van der Waals surface area contributed by atoms with Crippen molar-refractivity contribution < 1.29 is 34.8 Å². The number of carbonyl (C=O) groups excluding carboxylic acids is 3. The van der Waals surface area contributed by atoms with Crippen molar-refractivity contribution >= 4 is 28.2 Å². The molecular formula is C38H46N2O7. The second-order valence-electron chi connectivity index (χ2n) is 15.3. The van der Waals surface area contributed by atoms with Crippen molar-refractivity contribution in [2.45, 2.75) is 84.8 Å². The Morgan fingerprint density at radius 3 is 2.23 bits per heavy atom. The first-order valence-corrected chi connectivity index (χ1v) is 16.5. The summed E-state index contributed by atoms with van der Waals surface area (Å²) in [4.78, 5) is 41.0. The van der Waals surface area contributed by atoms with Gasteiger partial charge in [0.25, 0.3) is 0 Å². The maximum atomic E-state index is 14.6. The minimum absolute atomic E-state index is 0.0565. The van der Waals surface area contributed by atoms with Gasteiger partial charge in [0.1, 0.15) is 17.8 Å². The highest BCUT2D eigenvalue weighted by atomic mass is 16.4. The molecule has 0 aliphatic heterocycles. The molecule has 3 aromatic carbocycles. The Balaban J connectivity index is 1.54. The minimum Gasteiger partial charge on any atom is -0.507 e. The number of rotatable bonds is 6. The van der Waals surface area contributed by atoms with E-state index in [1.165, 1.54) is 6.07 Å². The second kappa shape index (κ2) is 11.2. The van der Waals surface area contributed by atoms with E-state index in [4.69, 9.17) is 5.73 Å². The summed E-state index contributed by atoms with van der Waals surface area (Å²) < 4.78 is 0. The maximum absolute atomic E-state index is 14.6. The fraction of sp³-hybridized carbons (Fsp3) is 0.500. The number of amides is 1. The van der Waals surface area contributed by atoms with Crippen LogP contribution in [0, 0.1) is 34.5 Å². The Labute approximate surface area is 275 Å². The molecule has 1 amide bonds. The molecule has 2 saturated carbocycles. The molecule has 0 bridgehead atoms. The maximum Gasteiger partial charge on any atom is 0.230 e. The van der Waals surface area contributed by atoms with E-state index in [0.717, 1.165) is 27.5 Å². The van der Waals surface area contributed by atoms with Crippen LogP contribution in [0.4, 0.5) is 0 Å². The van der Waals surface area contributed by atoms with Crippen molar-refractivity contribution in [3.05, 3.63) is 65.2 Å². The van der Waals surface area contributed by atoms with E-state index in [-0.39, 0.29) is 30.1 Å². The third kappa shape index (κ3) is 4.61. The normalized spacial score (nSPS) is 33.6. The number of nitrogens with two attached hydrogens (primary N) is 1. The molecular weight excluding hydrogens is 596 g/mol. The van der Waals surface area contributed by atoms with E-state index < -0.39 is 63.9 Å². The van der Waals surface area contributed by atoms with Crippen molar-refractivity contribution in [1.29, 1.82) is 0 Å². The number of fused-ring (bicyclic) bond motifs is 4. The van der Waals surface area contributed by atoms with Crippen LogP contribution in [-0.4, -0.2) is 61.8 Å². The van der Waals surface area contributed by atoms with Crippen LogP contribution in [0.1, 0.15) is 69.4 Å². The van der Waals surface area contributed by atoms with Gasteiger partial charge >= 0.3 is 0 Å². The summed E-state index contributed by atoms with van der Waals surface area (Å²) in [5, 5.41) is 52.6. The van der Waals surface area contributed by atoms with E-state index in [9.17, 15) is 34.8 Å². The predicted octanol–water partition coefficient (Wildman–Crippen LogP) is 3.89.